The number of hydrogen-bond donors (Lipinski definition) is 0. The molecule has 0 aliphatic rings. The molecule has 1 heterocycles. The Kier molecular flexibility index (Phi) is 3.29. The highest BCUT2D eigenvalue weighted by Crippen LogP contribution is 2.23. The number of benzene rings is 1. The molecule has 4 heteroatoms. The summed E-state index contributed by atoms with van der Waals surface area (Å²) in [4.78, 5) is 4.33. The van der Waals surface area contributed by atoms with Gasteiger partial charge >= 0.3 is 6.01 Å². The molecule has 0 unspecified atom stereocenters. The van der Waals surface area contributed by atoms with Crippen molar-refractivity contribution < 1.29 is 4.74 Å². The number of halogens is 1. The SMILES string of the molecule is CCn1cc(C)nc1Oc1cccc(Br)c1. The first-order valence-electron chi connectivity index (χ1n) is 5.16. The Morgan fingerprint density at radius 2 is 2.25 bits per heavy atom. The van der Waals surface area contributed by atoms with Crippen molar-refractivity contribution in [3.05, 3.63) is 40.6 Å². The van der Waals surface area contributed by atoms with Crippen LogP contribution in [0.25, 0.3) is 0 Å². The Balaban J connectivity index is 2.26. The molecule has 2 rings (SSSR count). The lowest BCUT2D eigenvalue weighted by Gasteiger charge is -2.06. The predicted molar refractivity (Wildman–Crippen MR) is 66.9 cm³/mol. The van der Waals surface area contributed by atoms with Crippen LogP contribution in [-0.4, -0.2) is 9.55 Å². The van der Waals surface area contributed by atoms with Crippen molar-refractivity contribution in [2.24, 2.45) is 0 Å². The smallest absolute Gasteiger partial charge is 0.302 e. The number of hydrogen-bond acceptors (Lipinski definition) is 2. The Morgan fingerprint density at radius 3 is 2.94 bits per heavy atom. The normalized spacial score (nSPS) is 10.4. The van der Waals surface area contributed by atoms with Crippen LogP contribution < -0.4 is 4.74 Å². The van der Waals surface area contributed by atoms with Crippen LogP contribution in [0.1, 0.15) is 12.6 Å². The Bertz CT molecular complexity index is 494. The van der Waals surface area contributed by atoms with Crippen molar-refractivity contribution in [2.75, 3.05) is 0 Å². The summed E-state index contributed by atoms with van der Waals surface area (Å²) in [7, 11) is 0. The average Bonchev–Trinajstić information content (AvgIpc) is 2.59. The maximum absolute atomic E-state index is 5.72. The summed E-state index contributed by atoms with van der Waals surface area (Å²) in [6.45, 7) is 4.87. The van der Waals surface area contributed by atoms with Crippen molar-refractivity contribution >= 4 is 15.9 Å². The third kappa shape index (κ3) is 2.44. The molecule has 0 saturated carbocycles. The van der Waals surface area contributed by atoms with Gasteiger partial charge in [0.2, 0.25) is 0 Å². The zero-order valence-electron chi connectivity index (χ0n) is 9.27. The molecule has 1 aromatic heterocycles. The van der Waals surface area contributed by atoms with Gasteiger partial charge in [0.1, 0.15) is 5.75 Å². The minimum absolute atomic E-state index is 0.637. The van der Waals surface area contributed by atoms with Crippen molar-refractivity contribution in [2.45, 2.75) is 20.4 Å². The van der Waals surface area contributed by atoms with Gasteiger partial charge in [-0.2, -0.15) is 0 Å². The highest BCUT2D eigenvalue weighted by Gasteiger charge is 2.06. The first kappa shape index (κ1) is 11.2. The largest absolute Gasteiger partial charge is 0.425 e. The minimum Gasteiger partial charge on any atom is -0.425 e. The molecule has 0 aliphatic carbocycles. The van der Waals surface area contributed by atoms with E-state index in [4.69, 9.17) is 4.74 Å². The quantitative estimate of drug-likeness (QED) is 0.856. The monoisotopic (exact) mass is 280 g/mol. The molecule has 2 aromatic rings. The van der Waals surface area contributed by atoms with Crippen LogP contribution in [0.4, 0.5) is 0 Å². The maximum atomic E-state index is 5.72. The molecular weight excluding hydrogens is 268 g/mol. The molecule has 0 N–H and O–H groups in total. The van der Waals surface area contributed by atoms with E-state index in [-0.39, 0.29) is 0 Å². The second-order valence-corrected chi connectivity index (χ2v) is 4.43. The molecule has 0 radical (unpaired) electrons. The van der Waals surface area contributed by atoms with Crippen molar-refractivity contribution in [1.82, 2.24) is 9.55 Å². The highest BCUT2D eigenvalue weighted by molar-refractivity contribution is 9.10. The zero-order valence-corrected chi connectivity index (χ0v) is 10.9. The zero-order chi connectivity index (χ0) is 11.5. The number of rotatable bonds is 3. The molecule has 0 atom stereocenters. The van der Waals surface area contributed by atoms with E-state index in [1.54, 1.807) is 0 Å². The topological polar surface area (TPSA) is 27.1 Å². The van der Waals surface area contributed by atoms with Gasteiger partial charge in [-0.25, -0.2) is 4.98 Å². The molecule has 3 nitrogen and oxygen atoms in total. The molecule has 0 amide bonds. The number of aromatic nitrogens is 2. The first-order chi connectivity index (χ1) is 7.69. The number of nitrogens with zero attached hydrogens (tertiary/aromatic N) is 2. The number of aryl methyl sites for hydroxylation is 2. The molecule has 84 valence electrons. The molecule has 16 heavy (non-hydrogen) atoms. The summed E-state index contributed by atoms with van der Waals surface area (Å²) in [6, 6.07) is 8.37. The van der Waals surface area contributed by atoms with Gasteiger partial charge in [-0.15, -0.1) is 0 Å². The van der Waals surface area contributed by atoms with Crippen LogP contribution in [0.5, 0.6) is 11.8 Å². The minimum atomic E-state index is 0.637. The molecule has 1 aromatic carbocycles. The third-order valence-corrected chi connectivity index (χ3v) is 2.70. The Hall–Kier alpha value is -1.29. The van der Waals surface area contributed by atoms with E-state index in [9.17, 15) is 0 Å². The van der Waals surface area contributed by atoms with Gasteiger partial charge in [-0.05, 0) is 32.0 Å². The van der Waals surface area contributed by atoms with E-state index in [0.29, 0.717) is 6.01 Å². The second-order valence-electron chi connectivity index (χ2n) is 3.51. The lowest BCUT2D eigenvalue weighted by molar-refractivity contribution is 0.415. The van der Waals surface area contributed by atoms with Crippen LogP contribution in [0.3, 0.4) is 0 Å². The molecule has 0 saturated heterocycles. The Morgan fingerprint density at radius 1 is 1.44 bits per heavy atom. The molecule has 0 aliphatic heterocycles. The fourth-order valence-corrected chi connectivity index (χ4v) is 1.85. The van der Waals surface area contributed by atoms with E-state index in [1.165, 1.54) is 0 Å². The Labute approximate surface area is 103 Å². The van der Waals surface area contributed by atoms with E-state index < -0.39 is 0 Å². The standard InChI is InChI=1S/C12H13BrN2O/c1-3-15-8-9(2)14-12(15)16-11-6-4-5-10(13)7-11/h4-8H,3H2,1-2H3. The van der Waals surface area contributed by atoms with Gasteiger partial charge < -0.3 is 9.30 Å². The van der Waals surface area contributed by atoms with Crippen LogP contribution in [-0.2, 0) is 6.54 Å². The summed E-state index contributed by atoms with van der Waals surface area (Å²) in [5.41, 5.74) is 0.965. The van der Waals surface area contributed by atoms with Crippen molar-refractivity contribution in [3.8, 4) is 11.8 Å². The summed E-state index contributed by atoms with van der Waals surface area (Å²) in [5, 5.41) is 0. The van der Waals surface area contributed by atoms with E-state index in [0.717, 1.165) is 22.5 Å². The maximum Gasteiger partial charge on any atom is 0.302 e. The molecule has 0 spiro atoms. The van der Waals surface area contributed by atoms with Gasteiger partial charge in [-0.3, -0.25) is 0 Å². The fourth-order valence-electron chi connectivity index (χ4n) is 1.47. The summed E-state index contributed by atoms with van der Waals surface area (Å²) in [6.07, 6.45) is 1.98. The van der Waals surface area contributed by atoms with E-state index >= 15 is 0 Å². The summed E-state index contributed by atoms with van der Waals surface area (Å²) < 4.78 is 8.70. The molecule has 0 fully saturated rings. The summed E-state index contributed by atoms with van der Waals surface area (Å²) >= 11 is 3.41. The number of imidazole rings is 1. The fraction of sp³-hybridized carbons (Fsp3) is 0.250. The van der Waals surface area contributed by atoms with Crippen LogP contribution in [0.15, 0.2) is 34.9 Å². The molecular formula is C12H13BrN2O. The van der Waals surface area contributed by atoms with Crippen molar-refractivity contribution in [1.29, 1.82) is 0 Å². The van der Waals surface area contributed by atoms with Crippen LogP contribution in [0.2, 0.25) is 0 Å². The van der Waals surface area contributed by atoms with Crippen LogP contribution in [0, 0.1) is 6.92 Å². The molecule has 0 bridgehead atoms. The third-order valence-electron chi connectivity index (χ3n) is 2.21. The predicted octanol–water partition coefficient (Wildman–Crippen LogP) is 3.77. The summed E-state index contributed by atoms with van der Waals surface area (Å²) in [5.74, 6) is 0.787. The second kappa shape index (κ2) is 4.70. The van der Waals surface area contributed by atoms with Gasteiger partial charge in [0.15, 0.2) is 0 Å². The lowest BCUT2D eigenvalue weighted by Crippen LogP contribution is -1.96. The van der Waals surface area contributed by atoms with Gasteiger partial charge in [0.25, 0.3) is 0 Å². The van der Waals surface area contributed by atoms with Crippen LogP contribution >= 0.6 is 15.9 Å². The van der Waals surface area contributed by atoms with E-state index in [2.05, 4.69) is 27.8 Å². The van der Waals surface area contributed by atoms with Gasteiger partial charge in [0.05, 0.1) is 5.69 Å². The van der Waals surface area contributed by atoms with Gasteiger partial charge in [-0.1, -0.05) is 22.0 Å². The first-order valence-corrected chi connectivity index (χ1v) is 5.95. The lowest BCUT2D eigenvalue weighted by atomic mass is 10.3. The highest BCUT2D eigenvalue weighted by atomic mass is 79.9. The van der Waals surface area contributed by atoms with E-state index in [1.807, 2.05) is 42.0 Å². The van der Waals surface area contributed by atoms with Gasteiger partial charge in [0, 0.05) is 17.2 Å². The number of ether oxygens (including phenoxy) is 1. The average molecular weight is 281 g/mol. The van der Waals surface area contributed by atoms with Crippen molar-refractivity contribution in [3.63, 3.8) is 0 Å².